The van der Waals surface area contributed by atoms with Gasteiger partial charge in [-0.2, -0.15) is 0 Å². The first-order chi connectivity index (χ1) is 7.91. The average molecular weight is 241 g/mol. The second-order valence-corrected chi connectivity index (χ2v) is 4.11. The van der Waals surface area contributed by atoms with Crippen LogP contribution in [0.2, 0.25) is 0 Å². The average Bonchev–Trinajstić information content (AvgIpc) is 2.22. The van der Waals surface area contributed by atoms with Crippen molar-refractivity contribution < 1.29 is 9.31 Å². The third-order valence-corrected chi connectivity index (χ3v) is 2.35. The Kier molecular flexibility index (Phi) is 4.39. The highest BCUT2D eigenvalue weighted by molar-refractivity contribution is 5.63. The number of benzene rings is 1. The molecule has 17 heavy (non-hydrogen) atoms. The largest absolute Gasteiger partial charge is 0.378 e. The lowest BCUT2D eigenvalue weighted by Crippen LogP contribution is -2.21. The van der Waals surface area contributed by atoms with Crippen molar-refractivity contribution in [2.75, 3.05) is 32.5 Å². The zero-order valence-corrected chi connectivity index (χ0v) is 10.2. The molecule has 6 heteroatoms. The topological polar surface area (TPSA) is 58.4 Å². The molecule has 0 aliphatic heterocycles. The van der Waals surface area contributed by atoms with Gasteiger partial charge in [0, 0.05) is 13.1 Å². The van der Waals surface area contributed by atoms with E-state index >= 15 is 0 Å². The summed E-state index contributed by atoms with van der Waals surface area (Å²) in [6.45, 7) is 2.89. The monoisotopic (exact) mass is 241 g/mol. The highest BCUT2D eigenvalue weighted by Crippen LogP contribution is 2.27. The highest BCUT2D eigenvalue weighted by Gasteiger charge is 2.16. The minimum absolute atomic E-state index is 0.230. The quantitative estimate of drug-likeness (QED) is 0.633. The number of nitro groups is 1. The maximum atomic E-state index is 13.2. The molecule has 1 aromatic carbocycles. The number of halogens is 1. The summed E-state index contributed by atoms with van der Waals surface area (Å²) in [5.41, 5.74) is 0.519. The number of hydrogen-bond donors (Lipinski definition) is 1. The van der Waals surface area contributed by atoms with Crippen LogP contribution in [0.5, 0.6) is 0 Å². The number of nitrogens with zero attached hydrogens (tertiary/aromatic N) is 2. The zero-order valence-electron chi connectivity index (χ0n) is 10.2. The SMILES string of the molecule is Cc1cc(NCCN(C)C)c([N+](=O)[O-])cc1F. The number of rotatable bonds is 5. The molecule has 0 aliphatic rings. The van der Waals surface area contributed by atoms with Gasteiger partial charge < -0.3 is 10.2 Å². The molecule has 0 aromatic heterocycles. The summed E-state index contributed by atoms with van der Waals surface area (Å²) < 4.78 is 13.2. The van der Waals surface area contributed by atoms with Gasteiger partial charge >= 0.3 is 0 Å². The molecule has 1 rings (SSSR count). The predicted octanol–water partition coefficient (Wildman–Crippen LogP) is 2.02. The lowest BCUT2D eigenvalue weighted by molar-refractivity contribution is -0.384. The molecular weight excluding hydrogens is 225 g/mol. The van der Waals surface area contributed by atoms with Crippen molar-refractivity contribution in [1.82, 2.24) is 4.90 Å². The molecule has 0 spiro atoms. The molecule has 0 saturated carbocycles. The van der Waals surface area contributed by atoms with Crippen molar-refractivity contribution in [3.8, 4) is 0 Å². The fourth-order valence-corrected chi connectivity index (χ4v) is 1.38. The molecule has 1 N–H and O–H groups in total. The second kappa shape index (κ2) is 5.58. The minimum atomic E-state index is -0.583. The van der Waals surface area contributed by atoms with E-state index in [-0.39, 0.29) is 5.69 Å². The normalized spacial score (nSPS) is 10.6. The van der Waals surface area contributed by atoms with E-state index in [0.717, 1.165) is 12.6 Å². The van der Waals surface area contributed by atoms with E-state index in [1.165, 1.54) is 6.07 Å². The maximum absolute atomic E-state index is 13.2. The number of anilines is 1. The maximum Gasteiger partial charge on any atom is 0.295 e. The van der Waals surface area contributed by atoms with Gasteiger partial charge in [0.25, 0.3) is 5.69 Å². The fourth-order valence-electron chi connectivity index (χ4n) is 1.38. The van der Waals surface area contributed by atoms with Crippen LogP contribution in [0.4, 0.5) is 15.8 Å². The van der Waals surface area contributed by atoms with E-state index in [1.807, 2.05) is 19.0 Å². The molecule has 0 heterocycles. The van der Waals surface area contributed by atoms with Gasteiger partial charge in [-0.3, -0.25) is 10.1 Å². The van der Waals surface area contributed by atoms with Crippen molar-refractivity contribution in [2.24, 2.45) is 0 Å². The first-order valence-electron chi connectivity index (χ1n) is 5.25. The number of hydrogen-bond acceptors (Lipinski definition) is 4. The van der Waals surface area contributed by atoms with Crippen LogP contribution in [0, 0.1) is 22.9 Å². The van der Waals surface area contributed by atoms with Gasteiger partial charge in [-0.05, 0) is 32.6 Å². The molecule has 5 nitrogen and oxygen atoms in total. The van der Waals surface area contributed by atoms with Crippen molar-refractivity contribution in [3.63, 3.8) is 0 Å². The Hall–Kier alpha value is -1.69. The van der Waals surface area contributed by atoms with Crippen molar-refractivity contribution >= 4 is 11.4 Å². The van der Waals surface area contributed by atoms with Gasteiger partial charge in [-0.15, -0.1) is 0 Å². The molecule has 0 saturated heterocycles. The molecule has 0 radical (unpaired) electrons. The third kappa shape index (κ3) is 3.67. The zero-order chi connectivity index (χ0) is 13.0. The Balaban J connectivity index is 2.89. The summed E-state index contributed by atoms with van der Waals surface area (Å²) in [7, 11) is 3.82. The Bertz CT molecular complexity index is 421. The summed E-state index contributed by atoms with van der Waals surface area (Å²) >= 11 is 0. The van der Waals surface area contributed by atoms with Crippen LogP contribution in [0.25, 0.3) is 0 Å². The molecule has 94 valence electrons. The van der Waals surface area contributed by atoms with Crippen molar-refractivity contribution in [3.05, 3.63) is 33.6 Å². The van der Waals surface area contributed by atoms with Crippen molar-refractivity contribution in [2.45, 2.75) is 6.92 Å². The van der Waals surface area contributed by atoms with Gasteiger partial charge in [0.1, 0.15) is 11.5 Å². The highest BCUT2D eigenvalue weighted by atomic mass is 19.1. The lowest BCUT2D eigenvalue weighted by Gasteiger charge is -2.12. The molecule has 0 unspecified atom stereocenters. The third-order valence-electron chi connectivity index (χ3n) is 2.35. The summed E-state index contributed by atoms with van der Waals surface area (Å²) in [4.78, 5) is 12.1. The molecule has 0 amide bonds. The van der Waals surface area contributed by atoms with Crippen LogP contribution < -0.4 is 5.32 Å². The van der Waals surface area contributed by atoms with E-state index in [9.17, 15) is 14.5 Å². The Morgan fingerprint density at radius 1 is 1.47 bits per heavy atom. The molecule has 0 bridgehead atoms. The molecular formula is C11H16FN3O2. The van der Waals surface area contributed by atoms with E-state index in [2.05, 4.69) is 5.32 Å². The number of aryl methyl sites for hydroxylation is 1. The van der Waals surface area contributed by atoms with E-state index in [0.29, 0.717) is 17.8 Å². The van der Waals surface area contributed by atoms with Gasteiger partial charge in [0.15, 0.2) is 0 Å². The first-order valence-corrected chi connectivity index (χ1v) is 5.25. The van der Waals surface area contributed by atoms with Gasteiger partial charge in [0.2, 0.25) is 0 Å². The first kappa shape index (κ1) is 13.4. The Morgan fingerprint density at radius 3 is 2.65 bits per heavy atom. The predicted molar refractivity (Wildman–Crippen MR) is 64.8 cm³/mol. The van der Waals surface area contributed by atoms with E-state index < -0.39 is 10.7 Å². The molecule has 0 aliphatic carbocycles. The van der Waals surface area contributed by atoms with E-state index in [4.69, 9.17) is 0 Å². The summed E-state index contributed by atoms with van der Waals surface area (Å²) in [5.74, 6) is -0.560. The summed E-state index contributed by atoms with van der Waals surface area (Å²) in [6, 6.07) is 2.41. The fraction of sp³-hybridized carbons (Fsp3) is 0.455. The number of nitro benzene ring substituents is 1. The lowest BCUT2D eigenvalue weighted by atomic mass is 10.2. The Labute approximate surface area is 99.4 Å². The van der Waals surface area contributed by atoms with Crippen LogP contribution in [0.15, 0.2) is 12.1 Å². The van der Waals surface area contributed by atoms with Gasteiger partial charge in [-0.25, -0.2) is 4.39 Å². The van der Waals surface area contributed by atoms with Gasteiger partial charge in [-0.1, -0.05) is 0 Å². The molecule has 1 aromatic rings. The summed E-state index contributed by atoms with van der Waals surface area (Å²) in [5, 5.41) is 13.7. The van der Waals surface area contributed by atoms with E-state index in [1.54, 1.807) is 6.92 Å². The molecule has 0 atom stereocenters. The Morgan fingerprint density at radius 2 is 2.12 bits per heavy atom. The number of likely N-dealkylation sites (N-methyl/N-ethyl adjacent to an activating group) is 1. The second-order valence-electron chi connectivity index (χ2n) is 4.11. The van der Waals surface area contributed by atoms with Crippen molar-refractivity contribution in [1.29, 1.82) is 0 Å². The van der Waals surface area contributed by atoms with Crippen LogP contribution in [0.1, 0.15) is 5.56 Å². The standard InChI is InChI=1S/C11H16FN3O2/c1-8-6-10(13-4-5-14(2)3)11(15(16)17)7-9(8)12/h6-7,13H,4-5H2,1-3H3. The minimum Gasteiger partial charge on any atom is -0.378 e. The van der Waals surface area contributed by atoms with Gasteiger partial charge in [0.05, 0.1) is 11.0 Å². The smallest absolute Gasteiger partial charge is 0.295 e. The van der Waals surface area contributed by atoms with Crippen LogP contribution in [-0.2, 0) is 0 Å². The molecule has 0 fully saturated rings. The summed E-state index contributed by atoms with van der Waals surface area (Å²) in [6.07, 6.45) is 0. The number of nitrogens with one attached hydrogen (secondary N) is 1. The van der Waals surface area contributed by atoms with Crippen LogP contribution >= 0.6 is 0 Å². The van der Waals surface area contributed by atoms with Crippen LogP contribution in [-0.4, -0.2) is 37.0 Å². The van der Waals surface area contributed by atoms with Crippen LogP contribution in [0.3, 0.4) is 0 Å².